The van der Waals surface area contributed by atoms with Crippen LogP contribution in [0.4, 0.5) is 0 Å². The lowest BCUT2D eigenvalue weighted by Crippen LogP contribution is -2.37. The van der Waals surface area contributed by atoms with Crippen molar-refractivity contribution in [2.75, 3.05) is 40.9 Å². The van der Waals surface area contributed by atoms with Crippen LogP contribution in [0, 0.1) is 5.92 Å². The third-order valence-electron chi connectivity index (χ3n) is 11.1. The van der Waals surface area contributed by atoms with Crippen molar-refractivity contribution in [2.45, 2.75) is 68.7 Å². The highest BCUT2D eigenvalue weighted by atomic mass is 16.5. The third kappa shape index (κ3) is 6.80. The van der Waals surface area contributed by atoms with Crippen LogP contribution in [0.15, 0.2) is 66.4 Å². The van der Waals surface area contributed by atoms with E-state index in [2.05, 4.69) is 34.2 Å². The molecule has 11 heteroatoms. The van der Waals surface area contributed by atoms with Crippen molar-refractivity contribution in [3.63, 3.8) is 0 Å². The standard InChI is InChI=1S/C41H50N4O7/c1-23(46)50-22-32-30-7-8-31-37-27(14-28(47)16-35(37)49-4)18-41(12-11-24(17-41)13-25-5-10-36(42)45-19-25)38(31)40(30)52-39(32)26-6-9-33(48)34(15-26)51-29(20-43-2)21-44-3/h5-10,14-16,19,24,29,32,36,39,43-45,47-48H,11-13,17-18,20-22,42H2,1-4H3/t24-,32-,36?,39+,41+/m0/s1. The fourth-order valence-electron chi connectivity index (χ4n) is 8.91. The Kier molecular flexibility index (Phi) is 10.1. The number of fused-ring (bicyclic) bond motifs is 6. The number of nitrogens with one attached hydrogen (secondary N) is 3. The molecule has 3 aromatic carbocycles. The largest absolute Gasteiger partial charge is 0.508 e. The molecule has 4 aliphatic rings. The zero-order valence-electron chi connectivity index (χ0n) is 30.3. The molecule has 1 fully saturated rings. The van der Waals surface area contributed by atoms with Gasteiger partial charge in [-0.05, 0) is 98.7 Å². The summed E-state index contributed by atoms with van der Waals surface area (Å²) < 4.78 is 25.0. The van der Waals surface area contributed by atoms with E-state index >= 15 is 0 Å². The molecule has 11 nitrogen and oxygen atoms in total. The number of allylic oxidation sites excluding steroid dienone is 2. The van der Waals surface area contributed by atoms with Crippen molar-refractivity contribution in [1.29, 1.82) is 0 Å². The summed E-state index contributed by atoms with van der Waals surface area (Å²) in [7, 11) is 5.35. The van der Waals surface area contributed by atoms with Gasteiger partial charge in [-0.1, -0.05) is 24.3 Å². The average molecular weight is 711 g/mol. The molecule has 0 aromatic heterocycles. The van der Waals surface area contributed by atoms with E-state index in [1.54, 1.807) is 19.2 Å². The summed E-state index contributed by atoms with van der Waals surface area (Å²) in [5.41, 5.74) is 13.0. The van der Waals surface area contributed by atoms with Crippen molar-refractivity contribution >= 4 is 5.97 Å². The summed E-state index contributed by atoms with van der Waals surface area (Å²) in [6.45, 7) is 2.71. The smallest absolute Gasteiger partial charge is 0.302 e. The van der Waals surface area contributed by atoms with Gasteiger partial charge >= 0.3 is 5.97 Å². The molecular weight excluding hydrogens is 660 g/mol. The Labute approximate surface area is 305 Å². The van der Waals surface area contributed by atoms with Crippen molar-refractivity contribution < 1.29 is 34.0 Å². The number of benzene rings is 3. The van der Waals surface area contributed by atoms with Crippen molar-refractivity contribution in [3.8, 4) is 39.9 Å². The Morgan fingerprint density at radius 1 is 1.12 bits per heavy atom. The first-order valence-electron chi connectivity index (χ1n) is 18.2. The Morgan fingerprint density at radius 2 is 1.92 bits per heavy atom. The molecule has 7 rings (SSSR count). The van der Waals surface area contributed by atoms with E-state index in [0.29, 0.717) is 30.5 Å². The number of carbonyl (C=O) groups excluding carboxylic acids is 1. The van der Waals surface area contributed by atoms with Gasteiger partial charge in [-0.3, -0.25) is 4.79 Å². The number of phenols is 2. The molecule has 0 radical (unpaired) electrons. The molecule has 0 bridgehead atoms. The normalized spacial score (nSPS) is 24.1. The first kappa shape index (κ1) is 35.7. The molecule has 2 aliphatic carbocycles. The quantitative estimate of drug-likeness (QED) is 0.140. The Hall–Kier alpha value is -4.71. The predicted molar refractivity (Wildman–Crippen MR) is 199 cm³/mol. The molecule has 7 N–H and O–H groups in total. The third-order valence-corrected chi connectivity index (χ3v) is 11.1. The van der Waals surface area contributed by atoms with Gasteiger partial charge in [0.1, 0.15) is 36.1 Å². The van der Waals surface area contributed by atoms with E-state index in [0.717, 1.165) is 71.2 Å². The minimum absolute atomic E-state index is 0.0356. The molecule has 2 heterocycles. The summed E-state index contributed by atoms with van der Waals surface area (Å²) in [5, 5.41) is 31.2. The fourth-order valence-corrected chi connectivity index (χ4v) is 8.91. The van der Waals surface area contributed by atoms with Gasteiger partial charge in [-0.2, -0.15) is 0 Å². The number of carbonyl (C=O) groups is 1. The summed E-state index contributed by atoms with van der Waals surface area (Å²) >= 11 is 0. The second-order valence-electron chi connectivity index (χ2n) is 14.7. The second kappa shape index (κ2) is 14.7. The van der Waals surface area contributed by atoms with Gasteiger partial charge in [0.2, 0.25) is 0 Å². The van der Waals surface area contributed by atoms with E-state index in [-0.39, 0.29) is 47.7 Å². The van der Waals surface area contributed by atoms with Crippen LogP contribution in [0.3, 0.4) is 0 Å². The van der Waals surface area contributed by atoms with Crippen LogP contribution < -0.4 is 35.9 Å². The summed E-state index contributed by atoms with van der Waals surface area (Å²) in [4.78, 5) is 12.2. The van der Waals surface area contributed by atoms with Crippen LogP contribution >= 0.6 is 0 Å². The first-order chi connectivity index (χ1) is 25.1. The van der Waals surface area contributed by atoms with Crippen LogP contribution in [-0.2, 0) is 21.4 Å². The van der Waals surface area contributed by atoms with Crippen LogP contribution in [0.5, 0.6) is 28.7 Å². The number of methoxy groups -OCH3 is 1. The topological polar surface area (TPSA) is 157 Å². The van der Waals surface area contributed by atoms with Crippen LogP contribution in [0.25, 0.3) is 11.1 Å². The first-order valence-corrected chi connectivity index (χ1v) is 18.2. The highest BCUT2D eigenvalue weighted by molar-refractivity contribution is 5.84. The lowest BCUT2D eigenvalue weighted by molar-refractivity contribution is -0.141. The van der Waals surface area contributed by atoms with Gasteiger partial charge in [-0.15, -0.1) is 0 Å². The van der Waals surface area contributed by atoms with Gasteiger partial charge in [-0.25, -0.2) is 0 Å². The Balaban J connectivity index is 1.32. The maximum atomic E-state index is 12.2. The van der Waals surface area contributed by atoms with Crippen molar-refractivity contribution in [1.82, 2.24) is 16.0 Å². The zero-order chi connectivity index (χ0) is 36.6. The molecule has 276 valence electrons. The number of likely N-dealkylation sites (N-methyl/N-ethyl adjacent to an activating group) is 2. The van der Waals surface area contributed by atoms with Crippen LogP contribution in [0.2, 0.25) is 0 Å². The van der Waals surface area contributed by atoms with Gasteiger partial charge in [0.15, 0.2) is 11.5 Å². The van der Waals surface area contributed by atoms with E-state index in [1.807, 2.05) is 44.6 Å². The number of hydrogen-bond acceptors (Lipinski definition) is 11. The number of phenolic OH excluding ortho intramolecular Hbond substituents is 2. The number of nitrogens with two attached hydrogens (primary N) is 1. The molecule has 3 aromatic rings. The molecule has 5 atom stereocenters. The van der Waals surface area contributed by atoms with Gasteiger partial charge in [0.05, 0.1) is 19.2 Å². The second-order valence-corrected chi connectivity index (χ2v) is 14.7. The number of aromatic hydroxyl groups is 2. The van der Waals surface area contributed by atoms with E-state index < -0.39 is 6.10 Å². The van der Waals surface area contributed by atoms with E-state index in [1.165, 1.54) is 12.5 Å². The van der Waals surface area contributed by atoms with Gasteiger partial charge < -0.3 is 50.8 Å². The van der Waals surface area contributed by atoms with Crippen molar-refractivity contribution in [2.24, 2.45) is 11.7 Å². The predicted octanol–water partition coefficient (Wildman–Crippen LogP) is 5.05. The van der Waals surface area contributed by atoms with Gasteiger partial charge in [0, 0.05) is 54.4 Å². The number of hydrogen-bond donors (Lipinski definition) is 6. The molecule has 1 saturated carbocycles. The van der Waals surface area contributed by atoms with E-state index in [9.17, 15) is 15.0 Å². The number of ether oxygens (including phenoxy) is 4. The molecule has 2 aliphatic heterocycles. The number of esters is 1. The summed E-state index contributed by atoms with van der Waals surface area (Å²) in [6, 6.07) is 13.1. The maximum absolute atomic E-state index is 12.2. The van der Waals surface area contributed by atoms with Crippen LogP contribution in [0.1, 0.15) is 66.9 Å². The molecule has 1 spiro atoms. The SMILES string of the molecule is CNCC(CNC)Oc1cc([C@H]2Oc3c(ccc4c3[C@@]3(CC[C@@H](CC5=CNC(N)C=C5)C3)Cc3cc(O)cc(OC)c3-4)[C@@H]2COC(C)=O)ccc1O. The van der Waals surface area contributed by atoms with Crippen LogP contribution in [-0.4, -0.2) is 69.4 Å². The molecule has 52 heavy (non-hydrogen) atoms. The number of dihydropyridines is 1. The molecule has 0 saturated heterocycles. The highest BCUT2D eigenvalue weighted by Crippen LogP contribution is 2.62. The lowest BCUT2D eigenvalue weighted by atomic mass is 9.65. The molecule has 1 unspecified atom stereocenters. The fraction of sp³-hybridized carbons (Fsp3) is 0.439. The number of rotatable bonds is 12. The molecule has 0 amide bonds. The van der Waals surface area contributed by atoms with Crippen molar-refractivity contribution in [3.05, 3.63) is 88.6 Å². The lowest BCUT2D eigenvalue weighted by Gasteiger charge is -2.39. The van der Waals surface area contributed by atoms with Gasteiger partial charge in [0.25, 0.3) is 0 Å². The average Bonchev–Trinajstić information content (AvgIpc) is 3.69. The minimum Gasteiger partial charge on any atom is -0.508 e. The summed E-state index contributed by atoms with van der Waals surface area (Å²) in [6.07, 6.45) is 9.80. The maximum Gasteiger partial charge on any atom is 0.302 e. The Morgan fingerprint density at radius 3 is 2.63 bits per heavy atom. The zero-order valence-corrected chi connectivity index (χ0v) is 30.3. The summed E-state index contributed by atoms with van der Waals surface area (Å²) in [5.74, 6) is 1.75. The molecular formula is C41H50N4O7. The minimum atomic E-state index is -0.513. The van der Waals surface area contributed by atoms with E-state index in [4.69, 9.17) is 24.7 Å². The highest BCUT2D eigenvalue weighted by Gasteiger charge is 2.50. The monoisotopic (exact) mass is 710 g/mol. The Bertz CT molecular complexity index is 1890.